The van der Waals surface area contributed by atoms with Crippen LogP contribution in [0.4, 0.5) is 4.79 Å². The molecule has 5 nitrogen and oxygen atoms in total. The van der Waals surface area contributed by atoms with Crippen molar-refractivity contribution in [1.29, 1.82) is 0 Å². The Balaban J connectivity index is 2.48. The standard InChI is InChI=1S/C12H24N2O3/c1-3-5-14-8-10(4-6-15)7-11(9-14)13-12(16)17-2/h10-11,15H,3-9H2,1-2H3,(H,13,16). The van der Waals surface area contributed by atoms with Crippen LogP contribution >= 0.6 is 0 Å². The van der Waals surface area contributed by atoms with E-state index in [0.29, 0.717) is 5.92 Å². The molecule has 2 N–H and O–H groups in total. The number of hydrogen-bond donors (Lipinski definition) is 2. The number of hydrogen-bond acceptors (Lipinski definition) is 4. The van der Waals surface area contributed by atoms with E-state index in [4.69, 9.17) is 5.11 Å². The van der Waals surface area contributed by atoms with E-state index in [2.05, 4.69) is 21.9 Å². The van der Waals surface area contributed by atoms with Crippen LogP contribution in [0.1, 0.15) is 26.2 Å². The Labute approximate surface area is 103 Å². The maximum absolute atomic E-state index is 11.2. The van der Waals surface area contributed by atoms with Gasteiger partial charge in [0.05, 0.1) is 7.11 Å². The van der Waals surface area contributed by atoms with Crippen LogP contribution in [0.25, 0.3) is 0 Å². The number of amides is 1. The minimum absolute atomic E-state index is 0.138. The van der Waals surface area contributed by atoms with Gasteiger partial charge in [-0.3, -0.25) is 0 Å². The number of carbonyl (C=O) groups excluding carboxylic acids is 1. The van der Waals surface area contributed by atoms with Crippen molar-refractivity contribution in [2.75, 3.05) is 33.4 Å². The number of ether oxygens (including phenoxy) is 1. The van der Waals surface area contributed by atoms with Crippen LogP contribution in [0, 0.1) is 5.92 Å². The second kappa shape index (κ2) is 7.50. The molecule has 1 amide bonds. The molecule has 0 aromatic heterocycles. The first-order valence-electron chi connectivity index (χ1n) is 6.37. The number of piperidine rings is 1. The van der Waals surface area contributed by atoms with E-state index in [0.717, 1.165) is 38.9 Å². The Hall–Kier alpha value is -0.810. The number of aliphatic hydroxyl groups is 1. The monoisotopic (exact) mass is 244 g/mol. The van der Waals surface area contributed by atoms with Crippen molar-refractivity contribution in [1.82, 2.24) is 10.2 Å². The molecule has 1 rings (SSSR count). The molecule has 1 aliphatic rings. The summed E-state index contributed by atoms with van der Waals surface area (Å²) in [6, 6.07) is 0.138. The average molecular weight is 244 g/mol. The summed E-state index contributed by atoms with van der Waals surface area (Å²) >= 11 is 0. The SMILES string of the molecule is CCCN1CC(CCO)CC(NC(=O)OC)C1. The zero-order valence-corrected chi connectivity index (χ0v) is 10.8. The summed E-state index contributed by atoms with van der Waals surface area (Å²) in [4.78, 5) is 13.6. The largest absolute Gasteiger partial charge is 0.453 e. The lowest BCUT2D eigenvalue weighted by Gasteiger charge is -2.37. The smallest absolute Gasteiger partial charge is 0.407 e. The normalized spacial score (nSPS) is 25.6. The van der Waals surface area contributed by atoms with Gasteiger partial charge in [0.15, 0.2) is 0 Å². The number of carbonyl (C=O) groups is 1. The second-order valence-corrected chi connectivity index (χ2v) is 4.71. The lowest BCUT2D eigenvalue weighted by atomic mass is 9.91. The molecule has 0 bridgehead atoms. The molecule has 1 heterocycles. The number of likely N-dealkylation sites (tertiary alicyclic amines) is 1. The molecule has 0 aliphatic carbocycles. The van der Waals surface area contributed by atoms with Gasteiger partial charge < -0.3 is 20.1 Å². The maximum atomic E-state index is 11.2. The summed E-state index contributed by atoms with van der Waals surface area (Å²) in [6.45, 7) is 5.31. The molecule has 1 aliphatic heterocycles. The first kappa shape index (κ1) is 14.3. The molecule has 2 unspecified atom stereocenters. The fourth-order valence-electron chi connectivity index (χ4n) is 2.52. The lowest BCUT2D eigenvalue weighted by Crippen LogP contribution is -2.51. The van der Waals surface area contributed by atoms with Gasteiger partial charge in [-0.25, -0.2) is 4.79 Å². The van der Waals surface area contributed by atoms with Crippen molar-refractivity contribution in [2.45, 2.75) is 32.2 Å². The third kappa shape index (κ3) is 4.91. The van der Waals surface area contributed by atoms with Crippen molar-refractivity contribution >= 4 is 6.09 Å². The molecule has 1 saturated heterocycles. The Kier molecular flexibility index (Phi) is 6.29. The van der Waals surface area contributed by atoms with E-state index < -0.39 is 0 Å². The molecule has 0 spiro atoms. The predicted molar refractivity (Wildman–Crippen MR) is 65.9 cm³/mol. The van der Waals surface area contributed by atoms with Gasteiger partial charge in [0, 0.05) is 25.7 Å². The number of rotatable bonds is 5. The third-order valence-corrected chi connectivity index (χ3v) is 3.20. The predicted octanol–water partition coefficient (Wildman–Crippen LogP) is 0.825. The number of methoxy groups -OCH3 is 1. The highest BCUT2D eigenvalue weighted by atomic mass is 16.5. The molecule has 0 aromatic rings. The van der Waals surface area contributed by atoms with E-state index in [9.17, 15) is 4.79 Å². The van der Waals surface area contributed by atoms with Crippen molar-refractivity contribution in [3.05, 3.63) is 0 Å². The number of aliphatic hydroxyl groups excluding tert-OH is 1. The van der Waals surface area contributed by atoms with Gasteiger partial charge in [-0.1, -0.05) is 6.92 Å². The fraction of sp³-hybridized carbons (Fsp3) is 0.917. The van der Waals surface area contributed by atoms with Gasteiger partial charge in [-0.05, 0) is 31.7 Å². The van der Waals surface area contributed by atoms with Gasteiger partial charge in [0.2, 0.25) is 0 Å². The van der Waals surface area contributed by atoms with Crippen LogP contribution in [0.3, 0.4) is 0 Å². The molecule has 0 radical (unpaired) electrons. The van der Waals surface area contributed by atoms with Gasteiger partial charge in [-0.2, -0.15) is 0 Å². The van der Waals surface area contributed by atoms with Crippen LogP contribution in [0.5, 0.6) is 0 Å². The first-order valence-corrected chi connectivity index (χ1v) is 6.37. The molecule has 1 fully saturated rings. The van der Waals surface area contributed by atoms with Crippen LogP contribution in [0.15, 0.2) is 0 Å². The quantitative estimate of drug-likeness (QED) is 0.752. The van der Waals surface area contributed by atoms with E-state index in [1.807, 2.05) is 0 Å². The zero-order chi connectivity index (χ0) is 12.7. The number of nitrogens with one attached hydrogen (secondary N) is 1. The Morgan fingerprint density at radius 2 is 2.29 bits per heavy atom. The number of alkyl carbamates (subject to hydrolysis) is 1. The summed E-state index contributed by atoms with van der Waals surface area (Å²) in [5.41, 5.74) is 0. The molecule has 5 heteroatoms. The van der Waals surface area contributed by atoms with Gasteiger partial charge in [-0.15, -0.1) is 0 Å². The Morgan fingerprint density at radius 3 is 2.88 bits per heavy atom. The summed E-state index contributed by atoms with van der Waals surface area (Å²) in [5, 5.41) is 11.9. The van der Waals surface area contributed by atoms with E-state index >= 15 is 0 Å². The Morgan fingerprint density at radius 1 is 1.53 bits per heavy atom. The maximum Gasteiger partial charge on any atom is 0.407 e. The number of nitrogens with zero attached hydrogens (tertiary/aromatic N) is 1. The molecule has 100 valence electrons. The topological polar surface area (TPSA) is 61.8 Å². The molecule has 17 heavy (non-hydrogen) atoms. The van der Waals surface area contributed by atoms with E-state index in [1.54, 1.807) is 0 Å². The summed E-state index contributed by atoms with van der Waals surface area (Å²) < 4.78 is 4.63. The minimum atomic E-state index is -0.365. The van der Waals surface area contributed by atoms with Crippen molar-refractivity contribution in [3.8, 4) is 0 Å². The summed E-state index contributed by atoms with van der Waals surface area (Å²) in [6.07, 6.45) is 2.47. The summed E-state index contributed by atoms with van der Waals surface area (Å²) in [5.74, 6) is 0.461. The van der Waals surface area contributed by atoms with Crippen molar-refractivity contribution in [3.63, 3.8) is 0 Å². The van der Waals surface area contributed by atoms with Crippen LogP contribution in [0.2, 0.25) is 0 Å². The van der Waals surface area contributed by atoms with Crippen molar-refractivity contribution < 1.29 is 14.6 Å². The van der Waals surface area contributed by atoms with E-state index in [-0.39, 0.29) is 18.7 Å². The highest BCUT2D eigenvalue weighted by Gasteiger charge is 2.27. The molecular weight excluding hydrogens is 220 g/mol. The third-order valence-electron chi connectivity index (χ3n) is 3.20. The van der Waals surface area contributed by atoms with Crippen molar-refractivity contribution in [2.24, 2.45) is 5.92 Å². The highest BCUT2D eigenvalue weighted by molar-refractivity contribution is 5.67. The highest BCUT2D eigenvalue weighted by Crippen LogP contribution is 2.20. The van der Waals surface area contributed by atoms with Gasteiger partial charge in [0.1, 0.15) is 0 Å². The van der Waals surface area contributed by atoms with Crippen LogP contribution in [-0.2, 0) is 4.74 Å². The average Bonchev–Trinajstić information content (AvgIpc) is 2.29. The molecule has 2 atom stereocenters. The Bertz CT molecular complexity index is 222. The summed E-state index contributed by atoms with van der Waals surface area (Å²) in [7, 11) is 1.38. The van der Waals surface area contributed by atoms with Crippen LogP contribution < -0.4 is 5.32 Å². The second-order valence-electron chi connectivity index (χ2n) is 4.71. The first-order chi connectivity index (χ1) is 8.19. The minimum Gasteiger partial charge on any atom is -0.453 e. The van der Waals surface area contributed by atoms with E-state index in [1.165, 1.54) is 7.11 Å². The van der Waals surface area contributed by atoms with Gasteiger partial charge >= 0.3 is 6.09 Å². The van der Waals surface area contributed by atoms with Gasteiger partial charge in [0.25, 0.3) is 0 Å². The zero-order valence-electron chi connectivity index (χ0n) is 10.8. The molecule has 0 saturated carbocycles. The molecular formula is C12H24N2O3. The lowest BCUT2D eigenvalue weighted by molar-refractivity contribution is 0.112. The fourth-order valence-corrected chi connectivity index (χ4v) is 2.52. The van der Waals surface area contributed by atoms with Crippen LogP contribution in [-0.4, -0.2) is 55.5 Å². The molecule has 0 aromatic carbocycles.